The van der Waals surface area contributed by atoms with Crippen LogP contribution in [0.15, 0.2) is 48.7 Å². The zero-order chi connectivity index (χ0) is 18.0. The van der Waals surface area contributed by atoms with Gasteiger partial charge < -0.3 is 0 Å². The van der Waals surface area contributed by atoms with Gasteiger partial charge in [-0.3, -0.25) is 9.67 Å². The van der Waals surface area contributed by atoms with Gasteiger partial charge in [0, 0.05) is 23.4 Å². The van der Waals surface area contributed by atoms with Crippen molar-refractivity contribution in [1.82, 2.24) is 14.8 Å². The predicted molar refractivity (Wildman–Crippen MR) is 102 cm³/mol. The van der Waals surface area contributed by atoms with Crippen LogP contribution < -0.4 is 0 Å². The van der Waals surface area contributed by atoms with Gasteiger partial charge in [-0.25, -0.2) is 0 Å². The maximum absolute atomic E-state index is 8.97. The molecule has 0 aliphatic heterocycles. The molecule has 0 saturated carbocycles. The number of aromatic nitrogens is 3. The second-order valence-electron chi connectivity index (χ2n) is 5.70. The molecule has 0 unspecified atom stereocenters. The van der Waals surface area contributed by atoms with Gasteiger partial charge in [-0.2, -0.15) is 10.4 Å². The molecule has 0 aliphatic carbocycles. The molecule has 2 aromatic carbocycles. The number of fused-ring (bicyclic) bond motifs is 3. The number of nitriles is 1. The summed E-state index contributed by atoms with van der Waals surface area (Å²) in [6.45, 7) is 6.08. The normalized spacial score (nSPS) is 10.4. The van der Waals surface area contributed by atoms with E-state index < -0.39 is 0 Å². The van der Waals surface area contributed by atoms with Crippen LogP contribution >= 0.6 is 0 Å². The summed E-state index contributed by atoms with van der Waals surface area (Å²) in [5.41, 5.74) is 5.74. The van der Waals surface area contributed by atoms with Crippen LogP contribution in [0.3, 0.4) is 0 Å². The first-order chi connectivity index (χ1) is 12.2. The monoisotopic (exact) mass is 328 g/mol. The number of hydrogen-bond donors (Lipinski definition) is 0. The Morgan fingerprint density at radius 3 is 2.44 bits per heavy atom. The summed E-state index contributed by atoms with van der Waals surface area (Å²) in [5.74, 6) is 0. The van der Waals surface area contributed by atoms with Crippen molar-refractivity contribution in [2.24, 2.45) is 7.05 Å². The lowest BCUT2D eigenvalue weighted by atomic mass is 10.0. The van der Waals surface area contributed by atoms with Crippen LogP contribution in [-0.4, -0.2) is 14.8 Å². The Morgan fingerprint density at radius 2 is 1.76 bits per heavy atom. The van der Waals surface area contributed by atoms with Crippen molar-refractivity contribution < 1.29 is 0 Å². The molecule has 0 aliphatic rings. The molecule has 0 spiro atoms. The minimum atomic E-state index is 0.649. The lowest BCUT2D eigenvalue weighted by Gasteiger charge is -2.03. The van der Waals surface area contributed by atoms with Gasteiger partial charge in [0.2, 0.25) is 0 Å². The fourth-order valence-electron chi connectivity index (χ4n) is 2.95. The molecule has 124 valence electrons. The van der Waals surface area contributed by atoms with E-state index in [9.17, 15) is 0 Å². The lowest BCUT2D eigenvalue weighted by Crippen LogP contribution is -1.90. The van der Waals surface area contributed by atoms with Gasteiger partial charge in [0.15, 0.2) is 0 Å². The molecule has 4 aromatic rings. The van der Waals surface area contributed by atoms with Crippen LogP contribution in [0.1, 0.15) is 25.0 Å². The molecule has 0 saturated heterocycles. The Morgan fingerprint density at radius 1 is 1.04 bits per heavy atom. The summed E-state index contributed by atoms with van der Waals surface area (Å²) >= 11 is 0. The second kappa shape index (κ2) is 6.74. The maximum Gasteiger partial charge on any atom is 0.101 e. The van der Waals surface area contributed by atoms with Crippen LogP contribution in [0.2, 0.25) is 0 Å². The van der Waals surface area contributed by atoms with Crippen LogP contribution in [-0.2, 0) is 7.05 Å². The average molecular weight is 328 g/mol. The molecular weight excluding hydrogens is 308 g/mol. The molecule has 0 N–H and O–H groups in total. The van der Waals surface area contributed by atoms with Crippen LogP contribution in [0, 0.1) is 18.3 Å². The van der Waals surface area contributed by atoms with Gasteiger partial charge in [0.25, 0.3) is 0 Å². The summed E-state index contributed by atoms with van der Waals surface area (Å²) in [6, 6.07) is 16.0. The topological polar surface area (TPSA) is 54.5 Å². The molecule has 4 heteroatoms. The van der Waals surface area contributed by atoms with Gasteiger partial charge >= 0.3 is 0 Å². The third-order valence-corrected chi connectivity index (χ3v) is 4.13. The van der Waals surface area contributed by atoms with Crippen molar-refractivity contribution in [3.63, 3.8) is 0 Å². The highest BCUT2D eigenvalue weighted by molar-refractivity contribution is 6.11. The third-order valence-electron chi connectivity index (χ3n) is 4.13. The van der Waals surface area contributed by atoms with Gasteiger partial charge in [0.1, 0.15) is 5.69 Å². The fourth-order valence-corrected chi connectivity index (χ4v) is 2.95. The van der Waals surface area contributed by atoms with E-state index in [1.165, 1.54) is 5.56 Å². The fraction of sp³-hybridized carbons (Fsp3) is 0.190. The molecule has 2 aromatic heterocycles. The molecule has 2 heterocycles. The van der Waals surface area contributed by atoms with E-state index in [2.05, 4.69) is 35.2 Å². The van der Waals surface area contributed by atoms with Crippen molar-refractivity contribution in [3.05, 3.63) is 59.8 Å². The smallest absolute Gasteiger partial charge is 0.101 e. The lowest BCUT2D eigenvalue weighted by molar-refractivity contribution is 0.799. The summed E-state index contributed by atoms with van der Waals surface area (Å²) in [4.78, 5) is 4.54. The van der Waals surface area contributed by atoms with Crippen molar-refractivity contribution in [2.45, 2.75) is 20.8 Å². The van der Waals surface area contributed by atoms with E-state index in [4.69, 9.17) is 5.26 Å². The number of benzene rings is 2. The van der Waals surface area contributed by atoms with Gasteiger partial charge in [-0.1, -0.05) is 37.6 Å². The molecule has 4 rings (SSSR count). The highest BCUT2D eigenvalue weighted by Crippen LogP contribution is 2.33. The first kappa shape index (κ1) is 16.7. The molecule has 25 heavy (non-hydrogen) atoms. The number of rotatable bonds is 1. The Labute approximate surface area is 147 Å². The number of nitrogens with zero attached hydrogens (tertiary/aromatic N) is 4. The molecular formula is C21H20N4. The Balaban J connectivity index is 0.000000880. The van der Waals surface area contributed by atoms with Crippen LogP contribution in [0.25, 0.3) is 33.1 Å². The zero-order valence-electron chi connectivity index (χ0n) is 14.9. The zero-order valence-corrected chi connectivity index (χ0v) is 14.9. The van der Waals surface area contributed by atoms with E-state index >= 15 is 0 Å². The summed E-state index contributed by atoms with van der Waals surface area (Å²) < 4.78 is 1.86. The molecule has 0 atom stereocenters. The quantitative estimate of drug-likeness (QED) is 0.494. The Kier molecular flexibility index (Phi) is 4.49. The van der Waals surface area contributed by atoms with Gasteiger partial charge in [-0.15, -0.1) is 0 Å². The Bertz CT molecular complexity index is 1080. The molecule has 0 amide bonds. The van der Waals surface area contributed by atoms with E-state index in [1.54, 1.807) is 0 Å². The third kappa shape index (κ3) is 2.85. The van der Waals surface area contributed by atoms with E-state index in [0.29, 0.717) is 5.56 Å². The summed E-state index contributed by atoms with van der Waals surface area (Å²) in [5, 5.41) is 15.9. The van der Waals surface area contributed by atoms with Gasteiger partial charge in [0.05, 0.1) is 28.9 Å². The van der Waals surface area contributed by atoms with Crippen molar-refractivity contribution >= 4 is 21.8 Å². The van der Waals surface area contributed by atoms with Crippen molar-refractivity contribution in [2.75, 3.05) is 0 Å². The van der Waals surface area contributed by atoms with Crippen LogP contribution in [0.4, 0.5) is 0 Å². The van der Waals surface area contributed by atoms with E-state index in [-0.39, 0.29) is 0 Å². The minimum Gasteiger partial charge on any atom is -0.266 e. The van der Waals surface area contributed by atoms with Gasteiger partial charge in [-0.05, 0) is 31.2 Å². The Hall–Kier alpha value is -3.19. The molecule has 4 nitrogen and oxygen atoms in total. The average Bonchev–Trinajstić information content (AvgIpc) is 3.00. The van der Waals surface area contributed by atoms with Crippen molar-refractivity contribution in [3.8, 4) is 17.3 Å². The maximum atomic E-state index is 8.97. The number of hydrogen-bond acceptors (Lipinski definition) is 3. The summed E-state index contributed by atoms with van der Waals surface area (Å²) in [6.07, 6.45) is 1.87. The molecule has 0 fully saturated rings. The SMILES string of the molecule is CC.Cc1ccc2ncc3c(c(-c4ccc(C#N)cc4)nn3C)c2c1. The number of pyridine rings is 1. The number of aryl methyl sites for hydroxylation is 2. The van der Waals surface area contributed by atoms with Crippen molar-refractivity contribution in [1.29, 1.82) is 5.26 Å². The molecule has 0 bridgehead atoms. The second-order valence-corrected chi connectivity index (χ2v) is 5.70. The van der Waals surface area contributed by atoms with Crippen LogP contribution in [0.5, 0.6) is 0 Å². The minimum absolute atomic E-state index is 0.649. The predicted octanol–water partition coefficient (Wildman–Crippen LogP) is 4.99. The van der Waals surface area contributed by atoms with E-state index in [1.807, 2.05) is 62.1 Å². The largest absolute Gasteiger partial charge is 0.266 e. The highest BCUT2D eigenvalue weighted by atomic mass is 15.3. The standard InChI is InChI=1S/C19H14N4.C2H6/c1-12-3-8-16-15(9-12)18-17(11-21-16)23(2)22-19(18)14-6-4-13(10-20)5-7-14;1-2/h3-9,11H,1-2H3;1-2H3. The van der Waals surface area contributed by atoms with E-state index in [0.717, 1.165) is 33.1 Å². The molecule has 0 radical (unpaired) electrons. The highest BCUT2D eigenvalue weighted by Gasteiger charge is 2.14. The first-order valence-corrected chi connectivity index (χ1v) is 8.40. The summed E-state index contributed by atoms with van der Waals surface area (Å²) in [7, 11) is 1.93. The first-order valence-electron chi connectivity index (χ1n) is 8.40.